The van der Waals surface area contributed by atoms with Gasteiger partial charge in [0.25, 0.3) is 0 Å². The first kappa shape index (κ1) is 20.7. The first-order chi connectivity index (χ1) is 13.5. The molecule has 9 heteroatoms. The standard InChI is InChI=1S/C20H25F3N2O3S/c1-14-11-19(7-2-3-8-19)13-25(14)29(27,28)17-5-4-15-6-9-24(12-16(15)10-17)18(26)20(21,22)23/h4-5,10,14H,2-3,6-9,11-13H2,1H3. The molecule has 0 N–H and O–H groups in total. The van der Waals surface area contributed by atoms with Crippen LogP contribution in [0.2, 0.25) is 0 Å². The topological polar surface area (TPSA) is 57.7 Å². The smallest absolute Gasteiger partial charge is 0.330 e. The molecular formula is C20H25F3N2O3S. The Morgan fingerprint density at radius 1 is 1.17 bits per heavy atom. The summed E-state index contributed by atoms with van der Waals surface area (Å²) in [6, 6.07) is 4.57. The molecule has 1 saturated heterocycles. The van der Waals surface area contributed by atoms with Gasteiger partial charge in [-0.25, -0.2) is 8.42 Å². The van der Waals surface area contributed by atoms with E-state index in [1.165, 1.54) is 6.07 Å². The van der Waals surface area contributed by atoms with Crippen LogP contribution in [-0.2, 0) is 27.8 Å². The molecule has 2 fully saturated rings. The van der Waals surface area contributed by atoms with E-state index in [4.69, 9.17) is 0 Å². The van der Waals surface area contributed by atoms with Crippen molar-refractivity contribution in [3.05, 3.63) is 29.3 Å². The number of amides is 1. The largest absolute Gasteiger partial charge is 0.471 e. The fraction of sp³-hybridized carbons (Fsp3) is 0.650. The number of fused-ring (bicyclic) bond motifs is 1. The number of carbonyl (C=O) groups is 1. The maximum Gasteiger partial charge on any atom is 0.471 e. The molecule has 1 aromatic rings. The maximum absolute atomic E-state index is 13.3. The van der Waals surface area contributed by atoms with E-state index in [2.05, 4.69) is 0 Å². The van der Waals surface area contributed by atoms with Crippen molar-refractivity contribution in [3.8, 4) is 0 Å². The van der Waals surface area contributed by atoms with Crippen LogP contribution in [0, 0.1) is 5.41 Å². The summed E-state index contributed by atoms with van der Waals surface area (Å²) in [5.41, 5.74) is 1.32. The van der Waals surface area contributed by atoms with E-state index in [0.29, 0.717) is 12.1 Å². The predicted molar refractivity (Wildman–Crippen MR) is 100 cm³/mol. The third-order valence-corrected chi connectivity index (χ3v) is 8.66. The molecule has 0 aromatic heterocycles. The van der Waals surface area contributed by atoms with Crippen molar-refractivity contribution in [2.45, 2.75) is 69.1 Å². The minimum absolute atomic E-state index is 0.0247. The van der Waals surface area contributed by atoms with Crippen molar-refractivity contribution >= 4 is 15.9 Å². The number of rotatable bonds is 2. The molecule has 160 valence electrons. The van der Waals surface area contributed by atoms with Gasteiger partial charge >= 0.3 is 12.1 Å². The minimum atomic E-state index is -4.93. The van der Waals surface area contributed by atoms with Gasteiger partial charge in [0.05, 0.1) is 4.90 Å². The second-order valence-corrected chi connectivity index (χ2v) is 10.6. The van der Waals surface area contributed by atoms with Gasteiger partial charge in [0.15, 0.2) is 0 Å². The number of hydrogen-bond donors (Lipinski definition) is 0. The minimum Gasteiger partial charge on any atom is -0.330 e. The molecule has 3 aliphatic rings. The van der Waals surface area contributed by atoms with Crippen LogP contribution in [0.1, 0.15) is 50.2 Å². The van der Waals surface area contributed by atoms with E-state index in [-0.39, 0.29) is 35.9 Å². The predicted octanol–water partition coefficient (Wildman–Crippen LogP) is 3.48. The average Bonchev–Trinajstić information content (AvgIpc) is 3.25. The van der Waals surface area contributed by atoms with E-state index >= 15 is 0 Å². The zero-order valence-corrected chi connectivity index (χ0v) is 17.2. The third-order valence-electron chi connectivity index (χ3n) is 6.70. The normalized spacial score (nSPS) is 24.8. The molecule has 29 heavy (non-hydrogen) atoms. The van der Waals surface area contributed by atoms with Gasteiger partial charge in [-0.15, -0.1) is 0 Å². The van der Waals surface area contributed by atoms with Gasteiger partial charge in [-0.3, -0.25) is 4.79 Å². The lowest BCUT2D eigenvalue weighted by atomic mass is 9.84. The van der Waals surface area contributed by atoms with Crippen LogP contribution in [0.4, 0.5) is 13.2 Å². The Hall–Kier alpha value is -1.61. The van der Waals surface area contributed by atoms with E-state index in [1.807, 2.05) is 6.92 Å². The van der Waals surface area contributed by atoms with Gasteiger partial charge in [0, 0.05) is 25.7 Å². The molecule has 0 bridgehead atoms. The van der Waals surface area contributed by atoms with Gasteiger partial charge in [-0.1, -0.05) is 18.9 Å². The van der Waals surface area contributed by atoms with Crippen molar-refractivity contribution in [1.82, 2.24) is 9.21 Å². The van der Waals surface area contributed by atoms with Crippen LogP contribution in [0.3, 0.4) is 0 Å². The summed E-state index contributed by atoms with van der Waals surface area (Å²) in [6.07, 6.45) is 0.544. The molecule has 2 aliphatic heterocycles. The van der Waals surface area contributed by atoms with Crippen molar-refractivity contribution in [2.24, 2.45) is 5.41 Å². The van der Waals surface area contributed by atoms with E-state index < -0.39 is 22.1 Å². The van der Waals surface area contributed by atoms with Crippen molar-refractivity contribution in [1.29, 1.82) is 0 Å². The fourth-order valence-electron chi connectivity index (χ4n) is 5.27. The van der Waals surface area contributed by atoms with E-state index in [9.17, 15) is 26.4 Å². The van der Waals surface area contributed by atoms with Crippen LogP contribution in [0.5, 0.6) is 0 Å². The monoisotopic (exact) mass is 430 g/mol. The lowest BCUT2D eigenvalue weighted by Gasteiger charge is -2.30. The van der Waals surface area contributed by atoms with Gasteiger partial charge in [-0.2, -0.15) is 17.5 Å². The van der Waals surface area contributed by atoms with Crippen LogP contribution in [-0.4, -0.2) is 48.8 Å². The molecule has 1 spiro atoms. The highest BCUT2D eigenvalue weighted by atomic mass is 32.2. The third kappa shape index (κ3) is 3.67. The summed E-state index contributed by atoms with van der Waals surface area (Å²) in [6.45, 7) is 2.18. The SMILES string of the molecule is CC1CC2(CCCC2)CN1S(=O)(=O)c1ccc2c(c1)CN(C(=O)C(F)(F)F)CC2. The quantitative estimate of drug-likeness (QED) is 0.722. The number of benzene rings is 1. The summed E-state index contributed by atoms with van der Waals surface area (Å²) < 4.78 is 66.5. The molecule has 5 nitrogen and oxygen atoms in total. The molecule has 1 aromatic carbocycles. The average molecular weight is 430 g/mol. The molecule has 1 amide bonds. The Kier molecular flexibility index (Phi) is 4.97. The summed E-state index contributed by atoms with van der Waals surface area (Å²) >= 11 is 0. The number of halogens is 3. The second-order valence-electron chi connectivity index (χ2n) is 8.72. The van der Waals surface area contributed by atoms with Crippen LogP contribution < -0.4 is 0 Å². The first-order valence-corrected chi connectivity index (χ1v) is 11.5. The zero-order chi connectivity index (χ0) is 21.0. The van der Waals surface area contributed by atoms with Gasteiger partial charge in [-0.05, 0) is 61.3 Å². The van der Waals surface area contributed by atoms with Gasteiger partial charge < -0.3 is 4.90 Å². The van der Waals surface area contributed by atoms with E-state index in [0.717, 1.165) is 42.6 Å². The number of alkyl halides is 3. The van der Waals surface area contributed by atoms with E-state index in [1.54, 1.807) is 16.4 Å². The fourth-order valence-corrected chi connectivity index (χ4v) is 7.06. The van der Waals surface area contributed by atoms with Crippen molar-refractivity contribution < 1.29 is 26.4 Å². The highest BCUT2D eigenvalue weighted by Crippen LogP contribution is 2.49. The Balaban J connectivity index is 1.59. The Morgan fingerprint density at radius 2 is 1.86 bits per heavy atom. The number of carbonyl (C=O) groups excluding carboxylic acids is 1. The molecule has 1 aliphatic carbocycles. The van der Waals surface area contributed by atoms with Gasteiger partial charge in [0.1, 0.15) is 0 Å². The number of hydrogen-bond acceptors (Lipinski definition) is 3. The summed E-state index contributed by atoms with van der Waals surface area (Å²) in [7, 11) is -3.74. The molecule has 1 atom stereocenters. The Morgan fingerprint density at radius 3 is 2.52 bits per heavy atom. The highest BCUT2D eigenvalue weighted by molar-refractivity contribution is 7.89. The second kappa shape index (κ2) is 6.97. The van der Waals surface area contributed by atoms with Crippen LogP contribution >= 0.6 is 0 Å². The molecular weight excluding hydrogens is 405 g/mol. The van der Waals surface area contributed by atoms with Crippen LogP contribution in [0.25, 0.3) is 0 Å². The zero-order valence-electron chi connectivity index (χ0n) is 16.3. The van der Waals surface area contributed by atoms with Gasteiger partial charge in [0.2, 0.25) is 10.0 Å². The lowest BCUT2D eigenvalue weighted by Crippen LogP contribution is -2.43. The number of nitrogens with zero attached hydrogens (tertiary/aromatic N) is 2. The summed E-state index contributed by atoms with van der Waals surface area (Å²) in [5, 5.41) is 0. The lowest BCUT2D eigenvalue weighted by molar-refractivity contribution is -0.186. The Bertz CT molecular complexity index is 923. The molecule has 4 rings (SSSR count). The maximum atomic E-state index is 13.3. The Labute approximate surface area is 168 Å². The first-order valence-electron chi connectivity index (χ1n) is 10.0. The summed E-state index contributed by atoms with van der Waals surface area (Å²) in [4.78, 5) is 12.4. The molecule has 0 radical (unpaired) electrons. The highest BCUT2D eigenvalue weighted by Gasteiger charge is 2.48. The summed E-state index contributed by atoms with van der Waals surface area (Å²) in [5.74, 6) is -1.88. The van der Waals surface area contributed by atoms with Crippen molar-refractivity contribution in [3.63, 3.8) is 0 Å². The molecule has 1 saturated carbocycles. The van der Waals surface area contributed by atoms with Crippen molar-refractivity contribution in [2.75, 3.05) is 13.1 Å². The van der Waals surface area contributed by atoms with Crippen LogP contribution in [0.15, 0.2) is 23.1 Å². The molecule has 2 heterocycles. The molecule has 1 unspecified atom stereocenters. The number of sulfonamides is 1.